The van der Waals surface area contributed by atoms with E-state index in [1.54, 1.807) is 43.5 Å². The Kier molecular flexibility index (Phi) is 34.1. The number of benzene rings is 12. The minimum atomic E-state index is -1.03. The van der Waals surface area contributed by atoms with Crippen molar-refractivity contribution in [3.63, 3.8) is 0 Å². The first-order chi connectivity index (χ1) is 70.7. The maximum absolute atomic E-state index is 13.5. The second-order valence-corrected chi connectivity index (χ2v) is 37.4. The third-order valence-corrected chi connectivity index (χ3v) is 28.0. The molecular weight excluding hydrogens is 1830 g/mol. The molecule has 145 heavy (non-hydrogen) atoms. The van der Waals surface area contributed by atoms with Crippen molar-refractivity contribution in [2.24, 2.45) is 35.5 Å². The summed E-state index contributed by atoms with van der Waals surface area (Å²) in [4.78, 5) is 205. The van der Waals surface area contributed by atoms with Crippen LogP contribution in [0.15, 0.2) is 358 Å². The van der Waals surface area contributed by atoms with Crippen LogP contribution in [0.1, 0.15) is 176 Å². The number of para-hydroxylation sites is 1. The number of amides is 20. The number of hydrogen-bond acceptors (Lipinski definition) is 16. The average molecular weight is 1940 g/mol. The number of nitrogens with one attached hydrogen (secondary N) is 3. The summed E-state index contributed by atoms with van der Waals surface area (Å²) < 4.78 is 5.16. The average Bonchev–Trinajstić information content (AvgIpc) is 0.744. The number of imide groups is 10. The number of rotatable bonds is 24. The normalized spacial score (nSPS) is 18.9. The van der Waals surface area contributed by atoms with Gasteiger partial charge >= 0.3 is 30.2 Å². The molecule has 20 rings (SSSR count). The summed E-state index contributed by atoms with van der Waals surface area (Å²) in [5.41, 5.74) is 9.72. The molecule has 5 aliphatic heterocycles. The molecule has 12 aromatic carbocycles. The Morgan fingerprint density at radius 1 is 0.276 bits per heavy atom. The lowest BCUT2D eigenvalue weighted by atomic mass is 9.78. The highest BCUT2D eigenvalue weighted by atomic mass is 16.5. The first kappa shape index (κ1) is 101. The number of methoxy groups -OCH3 is 1. The molecule has 20 amide bonds. The van der Waals surface area contributed by atoms with Crippen LogP contribution in [-0.2, 0) is 80.3 Å². The van der Waals surface area contributed by atoms with Crippen LogP contribution in [0.4, 0.5) is 29.7 Å². The Morgan fingerprint density at radius 3 is 0.952 bits per heavy atom. The van der Waals surface area contributed by atoms with Gasteiger partial charge in [-0.05, 0) is 149 Å². The summed E-state index contributed by atoms with van der Waals surface area (Å²) >= 11 is 0. The van der Waals surface area contributed by atoms with Crippen molar-refractivity contribution in [2.75, 3.05) is 12.0 Å². The highest BCUT2D eigenvalue weighted by Crippen LogP contribution is 2.42. The second-order valence-electron chi connectivity index (χ2n) is 37.4. The van der Waals surface area contributed by atoms with Gasteiger partial charge in [0.2, 0.25) is 59.1 Å². The standard InChI is InChI=1S/C25H22N2O4.2C24H20N2O3.C23H24N2O3.C23H30N2O3/c1-31-20-14-12-17(13-15-20)16-21-23(28)26-25(30)27(24(21)29)22(18-8-4-2-5-9-18)19-10-6-3-7-11-19;27-22-21(20(18-12-6-2-7-13-18)19-14-8-3-9-15-19)23(28)26(24(29)25-22)16-17-10-4-1-5-11-17;27-22-20(16-17-10-4-1-5-11-17)23(28)26(24(29)25-22)21(18-12-6-2-7-13-18)19-14-8-3-9-15-19;26-21-20(18-12-6-2-7-13-18)22(27)25(19-14-8-3-9-15-19)23(28)24(21)16-17-10-4-1-5-11-17;26-21-20(16-17-10-4-1-5-11-17)22(27)25(19-14-8-3-9-15-19)23(28)24(21)18-12-6-2-7-13-18/h2-15,21-22H,16H2,1H3,(H,26,28,30);2*1-15,20-21H,16H2,(H,25,27,29);1,3-5,8-11,14-15,18,20H,2,6-7,12-13,16H2;1,4-5,10-11,18-20H,2-3,6-9,12-16H2. The first-order valence-corrected chi connectivity index (χ1v) is 49.8. The van der Waals surface area contributed by atoms with Gasteiger partial charge in [-0.25, -0.2) is 28.9 Å². The zero-order valence-corrected chi connectivity index (χ0v) is 80.7. The predicted octanol–water partition coefficient (Wildman–Crippen LogP) is 19.8. The summed E-state index contributed by atoms with van der Waals surface area (Å²) in [5.74, 6) is -8.80. The Labute approximate surface area is 843 Å². The summed E-state index contributed by atoms with van der Waals surface area (Å²) in [6.07, 6.45) is 15.7. The van der Waals surface area contributed by atoms with Crippen LogP contribution >= 0.6 is 0 Å². The summed E-state index contributed by atoms with van der Waals surface area (Å²) in [6, 6.07) is 106. The van der Waals surface area contributed by atoms with Crippen molar-refractivity contribution in [2.45, 2.75) is 159 Å². The molecule has 8 fully saturated rings. The van der Waals surface area contributed by atoms with Gasteiger partial charge in [0.15, 0.2) is 0 Å². The predicted molar refractivity (Wildman–Crippen MR) is 546 cm³/mol. The van der Waals surface area contributed by atoms with Crippen molar-refractivity contribution >= 4 is 94.9 Å². The molecule has 5 saturated heterocycles. The van der Waals surface area contributed by atoms with Crippen molar-refractivity contribution in [3.8, 4) is 5.75 Å². The van der Waals surface area contributed by atoms with Crippen LogP contribution < -0.4 is 25.6 Å². The van der Waals surface area contributed by atoms with E-state index in [0.717, 1.165) is 162 Å². The summed E-state index contributed by atoms with van der Waals surface area (Å²) in [6.45, 7) is 0.296. The van der Waals surface area contributed by atoms with Gasteiger partial charge < -0.3 is 4.74 Å². The molecule has 4 unspecified atom stereocenters. The fourth-order valence-electron chi connectivity index (χ4n) is 20.7. The van der Waals surface area contributed by atoms with E-state index < -0.39 is 107 Å². The molecular formula is C119H116N10O16. The number of ether oxygens (including phenoxy) is 1. The fourth-order valence-corrected chi connectivity index (χ4v) is 20.7. The van der Waals surface area contributed by atoms with E-state index in [-0.39, 0.29) is 73.6 Å². The highest BCUT2D eigenvalue weighted by molar-refractivity contribution is 6.28. The van der Waals surface area contributed by atoms with E-state index in [1.807, 2.05) is 322 Å². The van der Waals surface area contributed by atoms with Crippen LogP contribution in [0.2, 0.25) is 0 Å². The van der Waals surface area contributed by atoms with Crippen LogP contribution in [0.25, 0.3) is 0 Å². The lowest BCUT2D eigenvalue weighted by Gasteiger charge is -2.45. The van der Waals surface area contributed by atoms with Gasteiger partial charge in [0.25, 0.3) is 0 Å². The molecule has 12 aromatic rings. The fraction of sp³-hybridized carbons (Fsp3) is 0.269. The molecule has 0 bridgehead atoms. The van der Waals surface area contributed by atoms with Gasteiger partial charge in [-0.2, -0.15) is 0 Å². The summed E-state index contributed by atoms with van der Waals surface area (Å²) in [5, 5.41) is 7.13. The smallest absolute Gasteiger partial charge is 0.338 e. The van der Waals surface area contributed by atoms with Crippen molar-refractivity contribution < 1.29 is 76.7 Å². The Hall–Kier alpha value is -16.5. The molecule has 3 aliphatic carbocycles. The van der Waals surface area contributed by atoms with E-state index in [1.165, 1.54) is 29.4 Å². The van der Waals surface area contributed by atoms with Crippen molar-refractivity contribution in [1.29, 1.82) is 0 Å². The number of carbonyl (C=O) groups excluding carboxylic acids is 15. The topological polar surface area (TPSA) is 324 Å². The van der Waals surface area contributed by atoms with Crippen LogP contribution in [0, 0.1) is 35.5 Å². The Morgan fingerprint density at radius 2 is 0.586 bits per heavy atom. The van der Waals surface area contributed by atoms with E-state index in [4.69, 9.17) is 4.74 Å². The number of urea groups is 5. The van der Waals surface area contributed by atoms with Gasteiger partial charge in [-0.15, -0.1) is 0 Å². The Bertz CT molecular complexity index is 6200. The number of anilines is 1. The minimum absolute atomic E-state index is 0.00587. The zero-order valence-electron chi connectivity index (χ0n) is 80.7. The van der Waals surface area contributed by atoms with E-state index in [0.29, 0.717) is 17.9 Å². The maximum atomic E-state index is 13.5. The van der Waals surface area contributed by atoms with Gasteiger partial charge in [-0.3, -0.25) is 93.3 Å². The van der Waals surface area contributed by atoms with Gasteiger partial charge in [0.05, 0.1) is 38.0 Å². The monoisotopic (exact) mass is 1940 g/mol. The van der Waals surface area contributed by atoms with Crippen LogP contribution in [0.5, 0.6) is 5.75 Å². The van der Waals surface area contributed by atoms with Crippen molar-refractivity contribution in [1.82, 2.24) is 45.3 Å². The van der Waals surface area contributed by atoms with Gasteiger partial charge in [-0.1, -0.05) is 391 Å². The molecule has 0 aromatic heterocycles. The molecule has 4 atom stereocenters. The molecule has 3 saturated carbocycles. The minimum Gasteiger partial charge on any atom is -0.497 e. The van der Waals surface area contributed by atoms with E-state index >= 15 is 0 Å². The van der Waals surface area contributed by atoms with E-state index in [2.05, 4.69) is 16.0 Å². The highest BCUT2D eigenvalue weighted by Gasteiger charge is 2.54. The maximum Gasteiger partial charge on any atom is 0.338 e. The SMILES string of the molecule is COc1ccc(CC2C(=O)NC(=O)N(C(c3ccccc3)c3ccccc3)C2=O)cc1.O=C1C(C2CCCCC2)C(=O)N(c2ccccc2)C(=O)N1Cc1ccccc1.O=C1C(Cc2ccccc2)C(=O)N(C2CCCCC2)C(=O)N1C1CCCCC1.O=C1NC(=O)N(C(c2ccccc2)c2ccccc2)C(=O)C1Cc1ccccc1.O=C1NC(=O)N(Cc2ccccc2)C(=O)C1C(c1ccccc1)c1ccccc1. The lowest BCUT2D eigenvalue weighted by molar-refractivity contribution is -0.154. The molecule has 26 heteroatoms. The Balaban J connectivity index is 0.000000130. The molecule has 8 aliphatic rings. The number of carbonyl (C=O) groups is 15. The van der Waals surface area contributed by atoms with Gasteiger partial charge in [0.1, 0.15) is 35.3 Å². The number of barbiturate groups is 5. The number of nitrogens with zero attached hydrogens (tertiary/aromatic N) is 7. The molecule has 0 spiro atoms. The van der Waals surface area contributed by atoms with Crippen LogP contribution in [-0.4, -0.2) is 138 Å². The van der Waals surface area contributed by atoms with Crippen molar-refractivity contribution in [3.05, 3.63) is 419 Å². The van der Waals surface area contributed by atoms with Gasteiger partial charge in [0, 0.05) is 18.0 Å². The molecule has 5 heterocycles. The second kappa shape index (κ2) is 48.8. The summed E-state index contributed by atoms with van der Waals surface area (Å²) in [7, 11) is 1.57. The molecule has 0 radical (unpaired) electrons. The first-order valence-electron chi connectivity index (χ1n) is 49.8. The third kappa shape index (κ3) is 24.3. The third-order valence-electron chi connectivity index (χ3n) is 28.0. The zero-order chi connectivity index (χ0) is 101. The largest absolute Gasteiger partial charge is 0.497 e. The van der Waals surface area contributed by atoms with Crippen LogP contribution in [0.3, 0.4) is 0 Å². The van der Waals surface area contributed by atoms with E-state index in [9.17, 15) is 71.9 Å². The number of hydrogen-bond donors (Lipinski definition) is 3. The molecule has 738 valence electrons. The molecule has 26 nitrogen and oxygen atoms in total. The molecule has 3 N–H and O–H groups in total. The quantitative estimate of drug-likeness (QED) is 0.0473. The lowest BCUT2D eigenvalue weighted by Crippen LogP contribution is -2.65.